The van der Waals surface area contributed by atoms with E-state index in [0.717, 1.165) is 31.1 Å². The van der Waals surface area contributed by atoms with E-state index in [2.05, 4.69) is 6.92 Å². The van der Waals surface area contributed by atoms with Crippen LogP contribution in [0.2, 0.25) is 0 Å². The maximum absolute atomic E-state index is 13.1. The highest BCUT2D eigenvalue weighted by molar-refractivity contribution is 5.85. The van der Waals surface area contributed by atoms with Crippen LogP contribution in [-0.2, 0) is 33.3 Å². The van der Waals surface area contributed by atoms with E-state index in [1.165, 1.54) is 14.2 Å². The fourth-order valence-electron chi connectivity index (χ4n) is 10.2. The summed E-state index contributed by atoms with van der Waals surface area (Å²) >= 11 is 0. The van der Waals surface area contributed by atoms with Crippen LogP contribution in [-0.4, -0.2) is 96.4 Å². The first-order valence-corrected chi connectivity index (χ1v) is 15.3. The molecule has 4 saturated carbocycles. The lowest BCUT2D eigenvalue weighted by atomic mass is 9.41. The number of esters is 1. The second kappa shape index (κ2) is 10.4. The summed E-state index contributed by atoms with van der Waals surface area (Å²) in [7, 11) is 3.04. The third kappa shape index (κ3) is 4.15. The predicted molar refractivity (Wildman–Crippen MR) is 144 cm³/mol. The summed E-state index contributed by atoms with van der Waals surface area (Å²) in [6.07, 6.45) is 3.93. The molecule has 5 fully saturated rings. The number of fused-ring (bicyclic) bond motifs is 5. The van der Waals surface area contributed by atoms with Gasteiger partial charge in [0.15, 0.2) is 6.29 Å². The molecule has 6 aliphatic rings. The summed E-state index contributed by atoms with van der Waals surface area (Å²) in [5.74, 6) is -0.499. The Morgan fingerprint density at radius 1 is 1.00 bits per heavy atom. The normalized spacial score (nSPS) is 53.1. The molecule has 4 aliphatic carbocycles. The highest BCUT2D eigenvalue weighted by Gasteiger charge is 2.71. The molecule has 41 heavy (non-hydrogen) atoms. The number of aliphatic hydroxyl groups is 3. The zero-order valence-electron chi connectivity index (χ0n) is 24.6. The number of carbonyl (C=O) groups is 2. The zero-order chi connectivity index (χ0) is 29.4. The second-order valence-electron chi connectivity index (χ2n) is 13.8. The second-order valence-corrected chi connectivity index (χ2v) is 13.8. The fraction of sp³-hybridized carbons (Fsp3) is 0.871. The standard InChI is InChI=1S/C31H46O10/c1-17-24(34)25(37-3)26(38-4)27(40-17)41-19-5-10-29(16-32)21-6-9-28(2)20(18-13-23(33)39-15-18)8-12-31(28,36)22(21)7-11-30(29,35)14-19/h13,16-17,19-22,24-27,34-36H,5-12,14-15H2,1-4H3/t17-,19+,20-,21+,22-,24-,25+,26-,27?,28-,29+,30+,31+/m1/s1. The summed E-state index contributed by atoms with van der Waals surface area (Å²) in [6.45, 7) is 4.20. The molecule has 0 aromatic rings. The van der Waals surface area contributed by atoms with Crippen LogP contribution in [0, 0.1) is 28.6 Å². The van der Waals surface area contributed by atoms with Crippen molar-refractivity contribution in [3.05, 3.63) is 11.6 Å². The first kappa shape index (κ1) is 29.7. The SMILES string of the molecule is CO[C@H]1[C@H](O)[C@@H](C)OC(O[C@H]2CC[C@]3(C=O)[C@H]4CC[C@]5(C)[C@@H](C6=CC(=O)OC6)CC[C@]5(O)[C@@H]4CC[C@]3(O)C2)[C@@H]1OC. The minimum Gasteiger partial charge on any atom is -0.458 e. The van der Waals surface area contributed by atoms with Crippen LogP contribution in [0.1, 0.15) is 71.6 Å². The summed E-state index contributed by atoms with van der Waals surface area (Å²) in [4.78, 5) is 24.9. The number of carbonyl (C=O) groups excluding carboxylic acids is 2. The Morgan fingerprint density at radius 2 is 1.73 bits per heavy atom. The van der Waals surface area contributed by atoms with E-state index in [1.54, 1.807) is 13.0 Å². The van der Waals surface area contributed by atoms with Gasteiger partial charge in [-0.25, -0.2) is 4.79 Å². The number of cyclic esters (lactones) is 1. The summed E-state index contributed by atoms with van der Waals surface area (Å²) in [5, 5.41) is 35.2. The molecule has 2 heterocycles. The zero-order valence-corrected chi connectivity index (χ0v) is 24.6. The van der Waals surface area contributed by atoms with Crippen molar-refractivity contribution in [1.82, 2.24) is 0 Å². The lowest BCUT2D eigenvalue weighted by molar-refractivity contribution is -0.323. The Kier molecular flexibility index (Phi) is 7.49. The van der Waals surface area contributed by atoms with Gasteiger partial charge in [-0.2, -0.15) is 0 Å². The van der Waals surface area contributed by atoms with Gasteiger partial charge in [0.25, 0.3) is 0 Å². The maximum atomic E-state index is 13.1. The van der Waals surface area contributed by atoms with E-state index in [-0.39, 0.29) is 36.2 Å². The van der Waals surface area contributed by atoms with Gasteiger partial charge in [-0.15, -0.1) is 0 Å². The molecule has 0 aromatic carbocycles. The van der Waals surface area contributed by atoms with Gasteiger partial charge in [0.2, 0.25) is 0 Å². The van der Waals surface area contributed by atoms with Crippen molar-refractivity contribution >= 4 is 12.3 Å². The number of hydrogen-bond acceptors (Lipinski definition) is 10. The van der Waals surface area contributed by atoms with Crippen molar-refractivity contribution in [3.8, 4) is 0 Å². The quantitative estimate of drug-likeness (QED) is 0.244. The molecule has 1 unspecified atom stereocenters. The van der Waals surface area contributed by atoms with Gasteiger partial charge in [-0.3, -0.25) is 0 Å². The first-order valence-electron chi connectivity index (χ1n) is 15.3. The van der Waals surface area contributed by atoms with E-state index >= 15 is 0 Å². The molecule has 0 spiro atoms. The monoisotopic (exact) mass is 578 g/mol. The Balaban J connectivity index is 1.22. The van der Waals surface area contributed by atoms with Crippen LogP contribution in [0.3, 0.4) is 0 Å². The average Bonchev–Trinajstić information content (AvgIpc) is 3.49. The highest BCUT2D eigenvalue weighted by Crippen LogP contribution is 2.70. The van der Waals surface area contributed by atoms with Crippen molar-refractivity contribution in [2.75, 3.05) is 20.8 Å². The number of ether oxygens (including phenoxy) is 5. The third-order valence-corrected chi connectivity index (χ3v) is 12.5. The van der Waals surface area contributed by atoms with Crippen molar-refractivity contribution in [2.45, 2.75) is 120 Å². The number of aliphatic hydroxyl groups excluding tert-OH is 1. The lowest BCUT2D eigenvalue weighted by Crippen LogP contribution is -2.69. The number of methoxy groups -OCH3 is 2. The molecule has 0 bridgehead atoms. The summed E-state index contributed by atoms with van der Waals surface area (Å²) in [6, 6.07) is 0. The van der Waals surface area contributed by atoms with E-state index in [0.29, 0.717) is 38.7 Å². The van der Waals surface area contributed by atoms with Crippen LogP contribution >= 0.6 is 0 Å². The highest BCUT2D eigenvalue weighted by atomic mass is 16.7. The molecule has 10 nitrogen and oxygen atoms in total. The smallest absolute Gasteiger partial charge is 0.331 e. The maximum Gasteiger partial charge on any atom is 0.331 e. The van der Waals surface area contributed by atoms with E-state index in [4.69, 9.17) is 23.7 Å². The Hall–Kier alpha value is -1.40. The molecule has 3 N–H and O–H groups in total. The summed E-state index contributed by atoms with van der Waals surface area (Å²) in [5.41, 5.74) is -2.66. The molecule has 10 heteroatoms. The van der Waals surface area contributed by atoms with Gasteiger partial charge >= 0.3 is 5.97 Å². The van der Waals surface area contributed by atoms with E-state index < -0.39 is 52.7 Å². The van der Waals surface area contributed by atoms with Crippen molar-refractivity contribution in [2.24, 2.45) is 28.6 Å². The van der Waals surface area contributed by atoms with Crippen molar-refractivity contribution in [1.29, 1.82) is 0 Å². The third-order valence-electron chi connectivity index (χ3n) is 12.5. The van der Waals surface area contributed by atoms with Crippen LogP contribution in [0.5, 0.6) is 0 Å². The van der Waals surface area contributed by atoms with Crippen molar-refractivity contribution < 1.29 is 48.6 Å². The number of aldehydes is 1. The van der Waals surface area contributed by atoms with Gasteiger partial charge in [0.1, 0.15) is 31.2 Å². The molecule has 13 atom stereocenters. The lowest BCUT2D eigenvalue weighted by Gasteiger charge is -2.65. The van der Waals surface area contributed by atoms with Gasteiger partial charge < -0.3 is 43.8 Å². The molecular weight excluding hydrogens is 532 g/mol. The number of rotatable bonds is 6. The average molecular weight is 579 g/mol. The molecule has 6 rings (SSSR count). The molecule has 0 amide bonds. The van der Waals surface area contributed by atoms with E-state index in [9.17, 15) is 24.9 Å². The van der Waals surface area contributed by atoms with Crippen LogP contribution in [0.25, 0.3) is 0 Å². The van der Waals surface area contributed by atoms with Gasteiger partial charge in [0.05, 0.1) is 28.8 Å². The van der Waals surface area contributed by atoms with Crippen LogP contribution < -0.4 is 0 Å². The van der Waals surface area contributed by atoms with Gasteiger partial charge in [-0.1, -0.05) is 6.92 Å². The van der Waals surface area contributed by atoms with Crippen molar-refractivity contribution in [3.63, 3.8) is 0 Å². The predicted octanol–water partition coefficient (Wildman–Crippen LogP) is 2.06. The Bertz CT molecular complexity index is 1080. The Labute approximate surface area is 241 Å². The molecule has 2 aliphatic heterocycles. The Morgan fingerprint density at radius 3 is 2.39 bits per heavy atom. The minimum atomic E-state index is -1.27. The molecule has 0 aromatic heterocycles. The topological polar surface area (TPSA) is 141 Å². The molecule has 0 radical (unpaired) electrons. The summed E-state index contributed by atoms with van der Waals surface area (Å²) < 4.78 is 28.7. The molecular formula is C31H46O10. The molecule has 230 valence electrons. The first-order chi connectivity index (χ1) is 19.5. The van der Waals surface area contributed by atoms with E-state index in [1.807, 2.05) is 0 Å². The van der Waals surface area contributed by atoms with Crippen LogP contribution in [0.4, 0.5) is 0 Å². The minimum absolute atomic E-state index is 0.0677. The fourth-order valence-corrected chi connectivity index (χ4v) is 10.2. The molecule has 1 saturated heterocycles. The van der Waals surface area contributed by atoms with Crippen LogP contribution in [0.15, 0.2) is 11.6 Å². The number of hydrogen-bond donors (Lipinski definition) is 3. The largest absolute Gasteiger partial charge is 0.458 e. The van der Waals surface area contributed by atoms with Gasteiger partial charge in [0, 0.05) is 32.1 Å². The van der Waals surface area contributed by atoms with Gasteiger partial charge in [-0.05, 0) is 81.6 Å².